The monoisotopic (exact) mass is 251 g/mol. The Morgan fingerprint density at radius 1 is 1.39 bits per heavy atom. The minimum atomic E-state index is -0.776. The van der Waals surface area contributed by atoms with Crippen LogP contribution in [-0.4, -0.2) is 23.0 Å². The summed E-state index contributed by atoms with van der Waals surface area (Å²) in [4.78, 5) is 22.8. The van der Waals surface area contributed by atoms with Crippen molar-refractivity contribution in [2.24, 2.45) is 5.92 Å². The molecule has 1 aliphatic carbocycles. The van der Waals surface area contributed by atoms with Gasteiger partial charge in [0.2, 0.25) is 0 Å². The molecule has 1 saturated carbocycles. The lowest BCUT2D eigenvalue weighted by atomic mass is 10.1. The molecule has 0 spiro atoms. The first kappa shape index (κ1) is 12.7. The number of hydrogen-bond donors (Lipinski definition) is 2. The van der Waals surface area contributed by atoms with Gasteiger partial charge in [-0.15, -0.1) is 0 Å². The predicted octanol–water partition coefficient (Wildman–Crippen LogP) is 1.88. The van der Waals surface area contributed by atoms with E-state index in [1.54, 1.807) is 19.9 Å². The highest BCUT2D eigenvalue weighted by atomic mass is 16.4. The Labute approximate surface area is 105 Å². The molecular weight excluding hydrogens is 234 g/mol. The Hall–Kier alpha value is -1.78. The average molecular weight is 251 g/mol. The van der Waals surface area contributed by atoms with Gasteiger partial charge in [-0.3, -0.25) is 9.59 Å². The van der Waals surface area contributed by atoms with Crippen LogP contribution in [0.25, 0.3) is 0 Å². The molecule has 0 aromatic carbocycles. The highest BCUT2D eigenvalue weighted by Crippen LogP contribution is 2.26. The third-order valence-corrected chi connectivity index (χ3v) is 3.40. The summed E-state index contributed by atoms with van der Waals surface area (Å²) >= 11 is 0. The first-order chi connectivity index (χ1) is 8.47. The highest BCUT2D eigenvalue weighted by molar-refractivity contribution is 5.95. The molecule has 5 nitrogen and oxygen atoms in total. The standard InChI is InChI=1S/C13H17NO4/c1-7-5-11(8(2)18-7)12(15)14-10-4-3-9(6-10)13(16)17/h5,9-10H,3-4,6H2,1-2H3,(H,14,15)(H,16,17)/t9-,10-/m0/s1. The topological polar surface area (TPSA) is 79.5 Å². The Morgan fingerprint density at radius 3 is 2.61 bits per heavy atom. The highest BCUT2D eigenvalue weighted by Gasteiger charge is 2.31. The van der Waals surface area contributed by atoms with E-state index in [1.807, 2.05) is 0 Å². The van der Waals surface area contributed by atoms with Crippen LogP contribution in [0.5, 0.6) is 0 Å². The maximum absolute atomic E-state index is 12.0. The zero-order valence-electron chi connectivity index (χ0n) is 10.5. The number of aliphatic carboxylic acids is 1. The smallest absolute Gasteiger partial charge is 0.306 e. The summed E-state index contributed by atoms with van der Waals surface area (Å²) in [5.41, 5.74) is 0.534. The number of nitrogens with one attached hydrogen (secondary N) is 1. The van der Waals surface area contributed by atoms with Gasteiger partial charge >= 0.3 is 5.97 Å². The molecule has 1 amide bonds. The number of carboxylic acid groups (broad SMARTS) is 1. The van der Waals surface area contributed by atoms with E-state index in [0.717, 1.165) is 6.42 Å². The molecule has 0 bridgehead atoms. The van der Waals surface area contributed by atoms with Crippen molar-refractivity contribution in [2.75, 3.05) is 0 Å². The van der Waals surface area contributed by atoms with E-state index in [4.69, 9.17) is 9.52 Å². The molecule has 1 aromatic rings. The van der Waals surface area contributed by atoms with Crippen LogP contribution in [0.2, 0.25) is 0 Å². The van der Waals surface area contributed by atoms with Crippen molar-refractivity contribution in [3.05, 3.63) is 23.2 Å². The first-order valence-corrected chi connectivity index (χ1v) is 6.08. The van der Waals surface area contributed by atoms with Gasteiger partial charge in [0.05, 0.1) is 11.5 Å². The molecule has 2 atom stereocenters. The molecule has 1 aromatic heterocycles. The van der Waals surface area contributed by atoms with Crippen LogP contribution in [0, 0.1) is 19.8 Å². The maximum Gasteiger partial charge on any atom is 0.306 e. The summed E-state index contributed by atoms with van der Waals surface area (Å²) in [7, 11) is 0. The van der Waals surface area contributed by atoms with Crippen LogP contribution in [-0.2, 0) is 4.79 Å². The number of hydrogen-bond acceptors (Lipinski definition) is 3. The molecule has 2 rings (SSSR count). The third kappa shape index (κ3) is 2.55. The average Bonchev–Trinajstić information content (AvgIpc) is 2.85. The lowest BCUT2D eigenvalue weighted by molar-refractivity contribution is -0.141. The Kier molecular flexibility index (Phi) is 3.41. The van der Waals surface area contributed by atoms with Gasteiger partial charge in [0.15, 0.2) is 0 Å². The summed E-state index contributed by atoms with van der Waals surface area (Å²) in [6.45, 7) is 3.54. The van der Waals surface area contributed by atoms with Crippen LogP contribution in [0.15, 0.2) is 10.5 Å². The number of carbonyl (C=O) groups excluding carboxylic acids is 1. The molecule has 1 aliphatic rings. The van der Waals surface area contributed by atoms with E-state index in [1.165, 1.54) is 0 Å². The molecule has 2 N–H and O–H groups in total. The summed E-state index contributed by atoms with van der Waals surface area (Å²) in [5.74, 6) is 0.00947. The van der Waals surface area contributed by atoms with Gasteiger partial charge in [-0.1, -0.05) is 0 Å². The normalized spacial score (nSPS) is 23.0. The quantitative estimate of drug-likeness (QED) is 0.859. The van der Waals surface area contributed by atoms with Crippen molar-refractivity contribution in [3.8, 4) is 0 Å². The SMILES string of the molecule is Cc1cc(C(=O)N[C@H]2CC[C@H](C(=O)O)C2)c(C)o1. The van der Waals surface area contributed by atoms with Gasteiger partial charge < -0.3 is 14.8 Å². The molecule has 0 saturated heterocycles. The van der Waals surface area contributed by atoms with E-state index < -0.39 is 5.97 Å². The summed E-state index contributed by atoms with van der Waals surface area (Å²) in [5, 5.41) is 11.8. The molecule has 0 radical (unpaired) electrons. The number of furan rings is 1. The van der Waals surface area contributed by atoms with Gasteiger partial charge in [0.25, 0.3) is 5.91 Å². The fourth-order valence-electron chi connectivity index (χ4n) is 2.46. The number of amides is 1. The molecule has 1 heterocycles. The zero-order chi connectivity index (χ0) is 13.3. The van der Waals surface area contributed by atoms with Gasteiger partial charge in [-0.2, -0.15) is 0 Å². The Balaban J connectivity index is 1.97. The second kappa shape index (κ2) is 4.84. The largest absolute Gasteiger partial charge is 0.481 e. The van der Waals surface area contributed by atoms with Crippen molar-refractivity contribution in [1.82, 2.24) is 5.32 Å². The minimum absolute atomic E-state index is 0.0480. The minimum Gasteiger partial charge on any atom is -0.481 e. The van der Waals surface area contributed by atoms with E-state index in [2.05, 4.69) is 5.32 Å². The van der Waals surface area contributed by atoms with E-state index >= 15 is 0 Å². The van der Waals surface area contributed by atoms with Gasteiger partial charge in [0.1, 0.15) is 11.5 Å². The van der Waals surface area contributed by atoms with Crippen molar-refractivity contribution < 1.29 is 19.1 Å². The first-order valence-electron chi connectivity index (χ1n) is 6.08. The number of rotatable bonds is 3. The predicted molar refractivity (Wildman–Crippen MR) is 64.4 cm³/mol. The molecule has 0 unspecified atom stereocenters. The molecule has 18 heavy (non-hydrogen) atoms. The van der Waals surface area contributed by atoms with Crippen LogP contribution in [0.4, 0.5) is 0 Å². The fourth-order valence-corrected chi connectivity index (χ4v) is 2.46. The van der Waals surface area contributed by atoms with Crippen molar-refractivity contribution in [3.63, 3.8) is 0 Å². The van der Waals surface area contributed by atoms with Crippen LogP contribution in [0.1, 0.15) is 41.1 Å². The molecule has 98 valence electrons. The van der Waals surface area contributed by atoms with E-state index in [-0.39, 0.29) is 17.9 Å². The summed E-state index contributed by atoms with van der Waals surface area (Å²) < 4.78 is 5.30. The van der Waals surface area contributed by atoms with Gasteiger partial charge in [-0.05, 0) is 39.2 Å². The van der Waals surface area contributed by atoms with Crippen molar-refractivity contribution in [2.45, 2.75) is 39.2 Å². The maximum atomic E-state index is 12.0. The number of carboxylic acids is 1. The summed E-state index contributed by atoms with van der Waals surface area (Å²) in [6, 6.07) is 1.65. The number of carbonyl (C=O) groups is 2. The molecular formula is C13H17NO4. The third-order valence-electron chi connectivity index (χ3n) is 3.40. The van der Waals surface area contributed by atoms with Gasteiger partial charge in [0, 0.05) is 6.04 Å². The lowest BCUT2D eigenvalue weighted by Crippen LogP contribution is -2.33. The fraction of sp³-hybridized carbons (Fsp3) is 0.538. The molecule has 1 fully saturated rings. The second-order valence-electron chi connectivity index (χ2n) is 4.85. The van der Waals surface area contributed by atoms with Crippen LogP contribution >= 0.6 is 0 Å². The molecule has 0 aliphatic heterocycles. The van der Waals surface area contributed by atoms with Crippen molar-refractivity contribution >= 4 is 11.9 Å². The van der Waals surface area contributed by atoms with E-state index in [9.17, 15) is 9.59 Å². The Bertz CT molecular complexity index is 477. The van der Waals surface area contributed by atoms with Crippen molar-refractivity contribution in [1.29, 1.82) is 0 Å². The summed E-state index contributed by atoms with van der Waals surface area (Å²) in [6.07, 6.45) is 1.86. The number of aryl methyl sites for hydroxylation is 2. The van der Waals surface area contributed by atoms with Crippen LogP contribution < -0.4 is 5.32 Å². The van der Waals surface area contributed by atoms with Crippen LogP contribution in [0.3, 0.4) is 0 Å². The van der Waals surface area contributed by atoms with Gasteiger partial charge in [-0.25, -0.2) is 0 Å². The van der Waals surface area contributed by atoms with E-state index in [0.29, 0.717) is 29.9 Å². The Morgan fingerprint density at radius 2 is 2.11 bits per heavy atom. The zero-order valence-corrected chi connectivity index (χ0v) is 10.5. The lowest BCUT2D eigenvalue weighted by Gasteiger charge is -2.11. The molecule has 5 heteroatoms. The second-order valence-corrected chi connectivity index (χ2v) is 4.85.